The Balaban J connectivity index is 1.45. The van der Waals surface area contributed by atoms with Crippen molar-refractivity contribution in [2.24, 2.45) is 0 Å². The summed E-state index contributed by atoms with van der Waals surface area (Å²) in [7, 11) is 3.82. The van der Waals surface area contributed by atoms with Gasteiger partial charge in [-0.15, -0.1) is 0 Å². The number of likely N-dealkylation sites (N-methyl/N-ethyl adjacent to an activating group) is 1. The third-order valence-electron chi connectivity index (χ3n) is 6.97. The van der Waals surface area contributed by atoms with Crippen molar-refractivity contribution >= 4 is 28.6 Å². The van der Waals surface area contributed by atoms with Gasteiger partial charge >= 0.3 is 0 Å². The molecule has 0 saturated carbocycles. The maximum absolute atomic E-state index is 12.1. The molecule has 3 aromatic rings. The average Bonchev–Trinajstić information content (AvgIpc) is 3.36. The highest BCUT2D eigenvalue weighted by atomic mass is 16.5. The lowest BCUT2D eigenvalue weighted by atomic mass is 9.99. The number of anilines is 2. The first-order chi connectivity index (χ1) is 15.9. The SMILES string of the molecule is COc1cc2c(cc1Nc1ncc3cnn(CC4(C)CCCN4C(C)=O)c3n1)CN(C)CC2. The van der Waals surface area contributed by atoms with Gasteiger partial charge in [0.2, 0.25) is 11.9 Å². The van der Waals surface area contributed by atoms with E-state index in [0.717, 1.165) is 61.4 Å². The van der Waals surface area contributed by atoms with Crippen LogP contribution in [-0.2, 0) is 24.3 Å². The first-order valence-corrected chi connectivity index (χ1v) is 11.5. The van der Waals surface area contributed by atoms with Gasteiger partial charge in [-0.1, -0.05) is 0 Å². The fourth-order valence-electron chi connectivity index (χ4n) is 5.20. The Morgan fingerprint density at radius 1 is 1.24 bits per heavy atom. The number of benzene rings is 1. The van der Waals surface area contributed by atoms with Crippen LogP contribution in [0.2, 0.25) is 0 Å². The molecule has 4 heterocycles. The van der Waals surface area contributed by atoms with Crippen molar-refractivity contribution < 1.29 is 9.53 Å². The highest BCUT2D eigenvalue weighted by Gasteiger charge is 2.39. The molecule has 0 radical (unpaired) electrons. The fraction of sp³-hybridized carbons (Fsp3) is 0.500. The molecule has 0 bridgehead atoms. The number of amides is 1. The molecule has 1 atom stereocenters. The number of carbonyl (C=O) groups excluding carboxylic acids is 1. The second-order valence-corrected chi connectivity index (χ2v) is 9.48. The van der Waals surface area contributed by atoms with Crippen LogP contribution in [0.1, 0.15) is 37.8 Å². The first-order valence-electron chi connectivity index (χ1n) is 11.5. The molecule has 2 aliphatic heterocycles. The highest BCUT2D eigenvalue weighted by molar-refractivity contribution is 5.76. The predicted octanol–water partition coefficient (Wildman–Crippen LogP) is 2.97. The van der Waals surface area contributed by atoms with Crippen molar-refractivity contribution in [3.05, 3.63) is 35.7 Å². The molecule has 1 saturated heterocycles. The number of likely N-dealkylation sites (tertiary alicyclic amines) is 1. The zero-order valence-corrected chi connectivity index (χ0v) is 19.8. The molecule has 1 N–H and O–H groups in total. The van der Waals surface area contributed by atoms with Gasteiger partial charge in [-0.2, -0.15) is 10.1 Å². The number of nitrogens with zero attached hydrogens (tertiary/aromatic N) is 6. The normalized spacial score (nSPS) is 20.8. The molecule has 0 aliphatic carbocycles. The van der Waals surface area contributed by atoms with Gasteiger partial charge < -0.3 is 19.9 Å². The van der Waals surface area contributed by atoms with Crippen molar-refractivity contribution in [1.82, 2.24) is 29.5 Å². The Morgan fingerprint density at radius 2 is 2.09 bits per heavy atom. The Morgan fingerprint density at radius 3 is 2.88 bits per heavy atom. The minimum absolute atomic E-state index is 0.105. The molecule has 2 aromatic heterocycles. The third-order valence-corrected chi connectivity index (χ3v) is 6.97. The number of rotatable bonds is 5. The summed E-state index contributed by atoms with van der Waals surface area (Å²) in [6.07, 6.45) is 6.53. The number of hydrogen-bond donors (Lipinski definition) is 1. The van der Waals surface area contributed by atoms with Crippen LogP contribution in [0.5, 0.6) is 5.75 Å². The minimum atomic E-state index is -0.267. The van der Waals surface area contributed by atoms with E-state index in [4.69, 9.17) is 9.72 Å². The van der Waals surface area contributed by atoms with Gasteiger partial charge in [-0.25, -0.2) is 9.67 Å². The first kappa shape index (κ1) is 21.6. The van der Waals surface area contributed by atoms with Crippen LogP contribution in [0, 0.1) is 0 Å². The molecule has 1 aromatic carbocycles. The fourth-order valence-corrected chi connectivity index (χ4v) is 5.20. The zero-order valence-electron chi connectivity index (χ0n) is 19.8. The second-order valence-electron chi connectivity index (χ2n) is 9.48. The van der Waals surface area contributed by atoms with Crippen LogP contribution in [0.3, 0.4) is 0 Å². The Kier molecular flexibility index (Phi) is 5.44. The summed E-state index contributed by atoms with van der Waals surface area (Å²) in [5, 5.41) is 8.79. The summed E-state index contributed by atoms with van der Waals surface area (Å²) in [5.41, 5.74) is 3.95. The lowest BCUT2D eigenvalue weighted by Crippen LogP contribution is -2.47. The largest absolute Gasteiger partial charge is 0.495 e. The number of carbonyl (C=O) groups is 1. The molecule has 9 heteroatoms. The molecule has 1 unspecified atom stereocenters. The smallest absolute Gasteiger partial charge is 0.229 e. The number of aromatic nitrogens is 4. The average molecular weight is 450 g/mol. The zero-order chi connectivity index (χ0) is 23.2. The van der Waals surface area contributed by atoms with Gasteiger partial charge in [0.1, 0.15) is 5.75 Å². The Hall–Kier alpha value is -3.20. The summed E-state index contributed by atoms with van der Waals surface area (Å²) in [6.45, 7) is 7.11. The van der Waals surface area contributed by atoms with Crippen LogP contribution in [0.4, 0.5) is 11.6 Å². The van der Waals surface area contributed by atoms with E-state index in [-0.39, 0.29) is 11.4 Å². The molecular formula is C24H31N7O2. The van der Waals surface area contributed by atoms with E-state index in [1.54, 1.807) is 26.4 Å². The predicted molar refractivity (Wildman–Crippen MR) is 127 cm³/mol. The molecule has 174 valence electrons. The summed E-state index contributed by atoms with van der Waals surface area (Å²) < 4.78 is 7.55. The van der Waals surface area contributed by atoms with Crippen LogP contribution in [-0.4, -0.2) is 68.2 Å². The number of ether oxygens (including phenoxy) is 1. The summed E-state index contributed by atoms with van der Waals surface area (Å²) in [6, 6.07) is 4.25. The van der Waals surface area contributed by atoms with E-state index in [0.29, 0.717) is 12.5 Å². The second kappa shape index (κ2) is 8.30. The summed E-state index contributed by atoms with van der Waals surface area (Å²) in [5.74, 6) is 1.38. The molecule has 1 fully saturated rings. The maximum Gasteiger partial charge on any atom is 0.229 e. The van der Waals surface area contributed by atoms with E-state index in [9.17, 15) is 4.79 Å². The minimum Gasteiger partial charge on any atom is -0.495 e. The van der Waals surface area contributed by atoms with Crippen LogP contribution < -0.4 is 10.1 Å². The molecule has 0 spiro atoms. The lowest BCUT2D eigenvalue weighted by molar-refractivity contribution is -0.132. The van der Waals surface area contributed by atoms with Gasteiger partial charge in [-0.05, 0) is 56.5 Å². The molecular weight excluding hydrogens is 418 g/mol. The van der Waals surface area contributed by atoms with E-state index >= 15 is 0 Å². The molecule has 33 heavy (non-hydrogen) atoms. The molecule has 2 aliphatic rings. The van der Waals surface area contributed by atoms with Crippen molar-refractivity contribution in [1.29, 1.82) is 0 Å². The van der Waals surface area contributed by atoms with Gasteiger partial charge in [0, 0.05) is 32.8 Å². The van der Waals surface area contributed by atoms with Crippen LogP contribution in [0.25, 0.3) is 11.0 Å². The Bertz CT molecular complexity index is 1210. The Labute approximate surface area is 193 Å². The van der Waals surface area contributed by atoms with Gasteiger partial charge in [0.05, 0.1) is 36.5 Å². The number of methoxy groups -OCH3 is 1. The van der Waals surface area contributed by atoms with Crippen molar-refractivity contribution in [2.75, 3.05) is 32.6 Å². The lowest BCUT2D eigenvalue weighted by Gasteiger charge is -2.34. The van der Waals surface area contributed by atoms with Gasteiger partial charge in [0.15, 0.2) is 5.65 Å². The van der Waals surface area contributed by atoms with Crippen molar-refractivity contribution in [3.8, 4) is 5.75 Å². The van der Waals surface area contributed by atoms with E-state index in [1.165, 1.54) is 11.1 Å². The molecule has 1 amide bonds. The van der Waals surface area contributed by atoms with Gasteiger partial charge in [0.25, 0.3) is 0 Å². The van der Waals surface area contributed by atoms with Crippen LogP contribution in [0.15, 0.2) is 24.5 Å². The van der Waals surface area contributed by atoms with Crippen LogP contribution >= 0.6 is 0 Å². The molecule has 5 rings (SSSR count). The molecule has 9 nitrogen and oxygen atoms in total. The number of fused-ring (bicyclic) bond motifs is 2. The summed E-state index contributed by atoms with van der Waals surface area (Å²) in [4.78, 5) is 25.7. The highest BCUT2D eigenvalue weighted by Crippen LogP contribution is 2.34. The third kappa shape index (κ3) is 4.01. The quantitative estimate of drug-likeness (QED) is 0.641. The van der Waals surface area contributed by atoms with E-state index in [2.05, 4.69) is 46.4 Å². The number of hydrogen-bond acceptors (Lipinski definition) is 7. The van der Waals surface area contributed by atoms with E-state index in [1.807, 2.05) is 9.58 Å². The van der Waals surface area contributed by atoms with Crippen molar-refractivity contribution in [3.63, 3.8) is 0 Å². The monoisotopic (exact) mass is 449 g/mol. The van der Waals surface area contributed by atoms with Crippen molar-refractivity contribution in [2.45, 2.75) is 51.7 Å². The van der Waals surface area contributed by atoms with Gasteiger partial charge in [-0.3, -0.25) is 4.79 Å². The maximum atomic E-state index is 12.1. The standard InChI is InChI=1S/C24H31N7O2/c1-16(32)30-8-5-7-24(30,2)15-31-22-19(13-26-31)12-25-23(28-22)27-20-10-18-14-29(3)9-6-17(18)11-21(20)33-4/h10-13H,5-9,14-15H2,1-4H3,(H,25,27,28). The summed E-state index contributed by atoms with van der Waals surface area (Å²) >= 11 is 0. The topological polar surface area (TPSA) is 88.4 Å². The number of nitrogens with one attached hydrogen (secondary N) is 1. The van der Waals surface area contributed by atoms with E-state index < -0.39 is 0 Å².